The third kappa shape index (κ3) is 5.04. The van der Waals surface area contributed by atoms with E-state index in [0.717, 1.165) is 18.4 Å². The Morgan fingerprint density at radius 1 is 1.08 bits per heavy atom. The molecule has 1 aliphatic carbocycles. The van der Waals surface area contributed by atoms with Gasteiger partial charge in [0.2, 0.25) is 15.9 Å². The van der Waals surface area contributed by atoms with Crippen LogP contribution in [0.4, 0.5) is 0 Å². The van der Waals surface area contributed by atoms with E-state index in [0.29, 0.717) is 5.02 Å². The van der Waals surface area contributed by atoms with Gasteiger partial charge >= 0.3 is 0 Å². The zero-order chi connectivity index (χ0) is 17.9. The van der Waals surface area contributed by atoms with Crippen LogP contribution in [0.15, 0.2) is 59.5 Å². The second kappa shape index (κ2) is 7.56. The molecule has 0 radical (unpaired) electrons. The molecule has 0 bridgehead atoms. The van der Waals surface area contributed by atoms with Crippen LogP contribution >= 0.6 is 11.6 Å². The molecule has 1 saturated carbocycles. The van der Waals surface area contributed by atoms with Gasteiger partial charge in [-0.05, 0) is 49.1 Å². The Morgan fingerprint density at radius 2 is 1.72 bits per heavy atom. The number of nitrogens with one attached hydrogen (secondary N) is 2. The molecule has 2 aromatic carbocycles. The van der Waals surface area contributed by atoms with Crippen molar-refractivity contribution in [3.05, 3.63) is 65.2 Å². The summed E-state index contributed by atoms with van der Waals surface area (Å²) < 4.78 is 27.8. The van der Waals surface area contributed by atoms with Crippen LogP contribution in [0.5, 0.6) is 0 Å². The van der Waals surface area contributed by atoms with Crippen molar-refractivity contribution < 1.29 is 13.2 Å². The van der Waals surface area contributed by atoms with E-state index < -0.39 is 16.1 Å². The third-order valence-electron chi connectivity index (χ3n) is 3.94. The maximum absolute atomic E-state index is 12.6. The molecule has 0 saturated heterocycles. The molecule has 5 nitrogen and oxygen atoms in total. The van der Waals surface area contributed by atoms with Gasteiger partial charge in [0.1, 0.15) is 6.04 Å². The molecule has 1 fully saturated rings. The first kappa shape index (κ1) is 17.9. The Bertz CT molecular complexity index is 834. The maximum atomic E-state index is 12.6. The van der Waals surface area contributed by atoms with E-state index in [1.807, 2.05) is 30.3 Å². The van der Waals surface area contributed by atoms with Gasteiger partial charge < -0.3 is 5.32 Å². The van der Waals surface area contributed by atoms with E-state index in [9.17, 15) is 13.2 Å². The normalized spacial score (nSPS) is 15.6. The molecule has 7 heteroatoms. The van der Waals surface area contributed by atoms with Crippen LogP contribution in [0.25, 0.3) is 0 Å². The smallest absolute Gasteiger partial charge is 0.241 e. The Labute approximate surface area is 152 Å². The minimum absolute atomic E-state index is 0.0779. The largest absolute Gasteiger partial charge is 0.352 e. The molecule has 1 aliphatic rings. The summed E-state index contributed by atoms with van der Waals surface area (Å²) in [6.45, 7) is 0. The molecule has 1 atom stereocenters. The first-order chi connectivity index (χ1) is 11.9. The molecule has 3 rings (SSSR count). The average Bonchev–Trinajstić information content (AvgIpc) is 3.39. The second-order valence-corrected chi connectivity index (χ2v) is 8.25. The van der Waals surface area contributed by atoms with E-state index >= 15 is 0 Å². The predicted molar refractivity (Wildman–Crippen MR) is 96.9 cm³/mol. The van der Waals surface area contributed by atoms with Crippen molar-refractivity contribution in [3.63, 3.8) is 0 Å². The fraction of sp³-hybridized carbons (Fsp3) is 0.278. The van der Waals surface area contributed by atoms with Gasteiger partial charge in [-0.25, -0.2) is 8.42 Å². The number of sulfonamides is 1. The summed E-state index contributed by atoms with van der Waals surface area (Å²) in [6.07, 6.45) is 2.16. The van der Waals surface area contributed by atoms with E-state index in [1.165, 1.54) is 24.3 Å². The van der Waals surface area contributed by atoms with Crippen LogP contribution in [-0.4, -0.2) is 26.4 Å². The molecule has 25 heavy (non-hydrogen) atoms. The molecule has 1 amide bonds. The van der Waals surface area contributed by atoms with E-state index in [1.54, 1.807) is 0 Å². The first-order valence-corrected chi connectivity index (χ1v) is 9.92. The van der Waals surface area contributed by atoms with Gasteiger partial charge in [0.15, 0.2) is 0 Å². The van der Waals surface area contributed by atoms with Crippen molar-refractivity contribution in [2.45, 2.75) is 36.2 Å². The zero-order valence-electron chi connectivity index (χ0n) is 13.5. The Morgan fingerprint density at radius 3 is 2.32 bits per heavy atom. The summed E-state index contributed by atoms with van der Waals surface area (Å²) in [4.78, 5) is 12.6. The van der Waals surface area contributed by atoms with Crippen LogP contribution in [0.2, 0.25) is 5.02 Å². The zero-order valence-corrected chi connectivity index (χ0v) is 15.1. The van der Waals surface area contributed by atoms with Crippen molar-refractivity contribution in [2.75, 3.05) is 0 Å². The molecule has 132 valence electrons. The molecule has 2 N–H and O–H groups in total. The Balaban J connectivity index is 1.80. The van der Waals surface area contributed by atoms with Crippen molar-refractivity contribution in [1.82, 2.24) is 10.0 Å². The van der Waals surface area contributed by atoms with E-state index in [-0.39, 0.29) is 23.3 Å². The summed E-state index contributed by atoms with van der Waals surface area (Å²) in [7, 11) is -3.83. The highest BCUT2D eigenvalue weighted by Gasteiger charge is 2.30. The number of rotatable bonds is 7. The van der Waals surface area contributed by atoms with Gasteiger partial charge in [-0.1, -0.05) is 41.9 Å². The molecular weight excluding hydrogens is 360 g/mol. The van der Waals surface area contributed by atoms with Crippen molar-refractivity contribution in [1.29, 1.82) is 0 Å². The van der Waals surface area contributed by atoms with E-state index in [2.05, 4.69) is 10.0 Å². The lowest BCUT2D eigenvalue weighted by Crippen LogP contribution is -2.48. The van der Waals surface area contributed by atoms with Crippen LogP contribution in [-0.2, 0) is 21.2 Å². The van der Waals surface area contributed by atoms with Gasteiger partial charge in [-0.3, -0.25) is 4.79 Å². The number of halogens is 1. The lowest BCUT2D eigenvalue weighted by Gasteiger charge is -2.18. The predicted octanol–water partition coefficient (Wildman–Crippen LogP) is 2.51. The van der Waals surface area contributed by atoms with Crippen molar-refractivity contribution in [3.8, 4) is 0 Å². The number of carbonyl (C=O) groups is 1. The van der Waals surface area contributed by atoms with Crippen molar-refractivity contribution in [2.24, 2.45) is 0 Å². The number of amides is 1. The number of hydrogen-bond donors (Lipinski definition) is 2. The first-order valence-electron chi connectivity index (χ1n) is 8.06. The van der Waals surface area contributed by atoms with Gasteiger partial charge in [0, 0.05) is 11.1 Å². The van der Waals surface area contributed by atoms with Crippen molar-refractivity contribution >= 4 is 27.5 Å². The van der Waals surface area contributed by atoms with Gasteiger partial charge in [-0.15, -0.1) is 0 Å². The third-order valence-corrected chi connectivity index (χ3v) is 5.68. The highest BCUT2D eigenvalue weighted by molar-refractivity contribution is 7.89. The molecule has 0 unspecified atom stereocenters. The minimum Gasteiger partial charge on any atom is -0.352 e. The molecule has 0 heterocycles. The molecule has 0 aromatic heterocycles. The second-order valence-electron chi connectivity index (χ2n) is 6.10. The Hall–Kier alpha value is -1.89. The summed E-state index contributed by atoms with van der Waals surface area (Å²) in [5.41, 5.74) is 0.886. The van der Waals surface area contributed by atoms with Crippen LogP contribution in [0.3, 0.4) is 0 Å². The number of benzene rings is 2. The van der Waals surface area contributed by atoms with Crippen LogP contribution in [0, 0.1) is 0 Å². The fourth-order valence-corrected chi connectivity index (χ4v) is 3.76. The Kier molecular flexibility index (Phi) is 5.42. The SMILES string of the molecule is O=C(NC1CC1)[C@@H](Cc1ccccc1)NS(=O)(=O)c1ccc(Cl)cc1. The van der Waals surface area contributed by atoms with Crippen LogP contribution in [0.1, 0.15) is 18.4 Å². The highest BCUT2D eigenvalue weighted by atomic mass is 35.5. The molecule has 0 spiro atoms. The summed E-state index contributed by atoms with van der Waals surface area (Å²) in [5.74, 6) is -0.302. The monoisotopic (exact) mass is 378 g/mol. The summed E-state index contributed by atoms with van der Waals surface area (Å²) >= 11 is 5.81. The minimum atomic E-state index is -3.83. The average molecular weight is 379 g/mol. The van der Waals surface area contributed by atoms with Gasteiger partial charge in [-0.2, -0.15) is 4.72 Å². The van der Waals surface area contributed by atoms with E-state index in [4.69, 9.17) is 11.6 Å². The highest BCUT2D eigenvalue weighted by Crippen LogP contribution is 2.20. The quantitative estimate of drug-likeness (QED) is 0.777. The lowest BCUT2D eigenvalue weighted by atomic mass is 10.1. The topological polar surface area (TPSA) is 75.3 Å². The maximum Gasteiger partial charge on any atom is 0.241 e. The fourth-order valence-electron chi connectivity index (χ4n) is 2.44. The lowest BCUT2D eigenvalue weighted by molar-refractivity contribution is -0.122. The standard InChI is InChI=1S/C18H19ClN2O3S/c19-14-6-10-16(11-7-14)25(23,24)21-17(18(22)20-15-8-9-15)12-13-4-2-1-3-5-13/h1-7,10-11,15,17,21H,8-9,12H2,(H,20,22)/t17-/m1/s1. The molecule has 2 aromatic rings. The molecular formula is C18H19ClN2O3S. The number of hydrogen-bond acceptors (Lipinski definition) is 3. The molecule has 0 aliphatic heterocycles. The van der Waals surface area contributed by atoms with Gasteiger partial charge in [0.05, 0.1) is 4.90 Å². The summed E-state index contributed by atoms with van der Waals surface area (Å²) in [5, 5.41) is 3.32. The van der Waals surface area contributed by atoms with Gasteiger partial charge in [0.25, 0.3) is 0 Å². The summed E-state index contributed by atoms with van der Waals surface area (Å²) in [6, 6.07) is 14.5. The van der Waals surface area contributed by atoms with Crippen LogP contribution < -0.4 is 10.0 Å². The number of carbonyl (C=O) groups excluding carboxylic acids is 1.